The van der Waals surface area contributed by atoms with Crippen LogP contribution in [0, 0.1) is 5.92 Å². The van der Waals surface area contributed by atoms with Crippen molar-refractivity contribution in [2.24, 2.45) is 5.92 Å². The summed E-state index contributed by atoms with van der Waals surface area (Å²) in [5, 5.41) is 9.02. The van der Waals surface area contributed by atoms with Crippen molar-refractivity contribution in [3.05, 3.63) is 0 Å². The summed E-state index contributed by atoms with van der Waals surface area (Å²) in [6.45, 7) is 1.64. The van der Waals surface area contributed by atoms with Gasteiger partial charge in [0.2, 0.25) is 0 Å². The van der Waals surface area contributed by atoms with Gasteiger partial charge in [-0.1, -0.05) is 0 Å². The first-order valence-electron chi connectivity index (χ1n) is 3.40. The van der Waals surface area contributed by atoms with E-state index < -0.39 is 15.9 Å². The highest BCUT2D eigenvalue weighted by Gasteiger charge is 2.30. The lowest BCUT2D eigenvalue weighted by molar-refractivity contribution is 0.138. The molecule has 1 heterocycles. The van der Waals surface area contributed by atoms with Gasteiger partial charge in [-0.2, -0.15) is 0 Å². The fraction of sp³-hybridized carbons (Fsp3) is 1.00. The Kier molecular flexibility index (Phi) is 2.01. The van der Waals surface area contributed by atoms with E-state index in [0.29, 0.717) is 6.42 Å². The number of sulfone groups is 1. The van der Waals surface area contributed by atoms with Crippen molar-refractivity contribution < 1.29 is 13.5 Å². The lowest BCUT2D eigenvalue weighted by Crippen LogP contribution is -2.17. The summed E-state index contributed by atoms with van der Waals surface area (Å²) in [5.74, 6) is 0.401. The zero-order valence-corrected chi connectivity index (χ0v) is 6.76. The summed E-state index contributed by atoms with van der Waals surface area (Å²) in [6, 6.07) is 0. The third-order valence-electron chi connectivity index (χ3n) is 1.95. The van der Waals surface area contributed by atoms with Crippen LogP contribution in [0.4, 0.5) is 0 Å². The average Bonchev–Trinajstić information content (AvgIpc) is 2.10. The molecule has 1 saturated heterocycles. The SMILES string of the molecule is C[C@H](O)C1CCS(=O)(=O)C1. The number of aliphatic hydroxyl groups is 1. The summed E-state index contributed by atoms with van der Waals surface area (Å²) in [5.41, 5.74) is 0. The maximum absolute atomic E-state index is 10.8. The van der Waals surface area contributed by atoms with Crippen LogP contribution in [0.25, 0.3) is 0 Å². The molecule has 1 unspecified atom stereocenters. The molecule has 0 spiro atoms. The summed E-state index contributed by atoms with van der Waals surface area (Å²) < 4.78 is 21.7. The molecule has 1 rings (SSSR count). The van der Waals surface area contributed by atoms with E-state index in [1.165, 1.54) is 0 Å². The Balaban J connectivity index is 2.60. The first kappa shape index (κ1) is 8.01. The molecule has 0 aromatic rings. The van der Waals surface area contributed by atoms with Gasteiger partial charge in [-0.05, 0) is 19.3 Å². The van der Waals surface area contributed by atoms with Crippen LogP contribution in [0.15, 0.2) is 0 Å². The molecular formula is C6H12O3S. The van der Waals surface area contributed by atoms with Crippen molar-refractivity contribution in [2.75, 3.05) is 11.5 Å². The van der Waals surface area contributed by atoms with Gasteiger partial charge in [0, 0.05) is 0 Å². The van der Waals surface area contributed by atoms with E-state index in [1.54, 1.807) is 6.92 Å². The second kappa shape index (κ2) is 2.51. The molecule has 0 aliphatic carbocycles. The van der Waals surface area contributed by atoms with Gasteiger partial charge in [0.15, 0.2) is 9.84 Å². The second-order valence-electron chi connectivity index (χ2n) is 2.90. The molecule has 1 aliphatic rings. The van der Waals surface area contributed by atoms with E-state index in [4.69, 9.17) is 5.11 Å². The Bertz CT molecular complexity index is 205. The Labute approximate surface area is 61.0 Å². The van der Waals surface area contributed by atoms with Crippen LogP contribution >= 0.6 is 0 Å². The monoisotopic (exact) mass is 164 g/mol. The summed E-state index contributed by atoms with van der Waals surface area (Å²) in [7, 11) is -2.80. The van der Waals surface area contributed by atoms with Gasteiger partial charge < -0.3 is 5.11 Å². The normalized spacial score (nSPS) is 34.0. The molecule has 1 aliphatic heterocycles. The fourth-order valence-corrected chi connectivity index (χ4v) is 3.13. The van der Waals surface area contributed by atoms with Crippen molar-refractivity contribution in [3.8, 4) is 0 Å². The zero-order valence-electron chi connectivity index (χ0n) is 5.95. The smallest absolute Gasteiger partial charge is 0.150 e. The predicted octanol–water partition coefficient (Wildman–Crippen LogP) is -0.198. The van der Waals surface area contributed by atoms with Crippen LogP contribution in [0.5, 0.6) is 0 Å². The number of aliphatic hydroxyl groups excluding tert-OH is 1. The fourth-order valence-electron chi connectivity index (χ4n) is 1.20. The molecule has 0 bridgehead atoms. The van der Waals surface area contributed by atoms with E-state index in [1.807, 2.05) is 0 Å². The lowest BCUT2D eigenvalue weighted by Gasteiger charge is -2.09. The van der Waals surface area contributed by atoms with Gasteiger partial charge in [0.25, 0.3) is 0 Å². The van der Waals surface area contributed by atoms with Crippen LogP contribution < -0.4 is 0 Å². The Morgan fingerprint density at radius 1 is 1.60 bits per heavy atom. The molecule has 10 heavy (non-hydrogen) atoms. The molecule has 0 aromatic heterocycles. The minimum absolute atomic E-state index is 0.0231. The van der Waals surface area contributed by atoms with Gasteiger partial charge in [0.05, 0.1) is 17.6 Å². The summed E-state index contributed by atoms with van der Waals surface area (Å²) in [4.78, 5) is 0. The first-order chi connectivity index (χ1) is 4.51. The van der Waals surface area contributed by atoms with Crippen LogP contribution in [-0.4, -0.2) is 31.1 Å². The molecule has 1 N–H and O–H groups in total. The quantitative estimate of drug-likeness (QED) is 0.584. The molecule has 1 fully saturated rings. The van der Waals surface area contributed by atoms with Crippen LogP contribution in [0.2, 0.25) is 0 Å². The highest BCUT2D eigenvalue weighted by atomic mass is 32.2. The van der Waals surface area contributed by atoms with Crippen LogP contribution in [0.1, 0.15) is 13.3 Å². The van der Waals surface area contributed by atoms with Crippen molar-refractivity contribution in [1.29, 1.82) is 0 Å². The number of hydrogen-bond donors (Lipinski definition) is 1. The highest BCUT2D eigenvalue weighted by molar-refractivity contribution is 7.91. The Morgan fingerprint density at radius 3 is 2.40 bits per heavy atom. The minimum atomic E-state index is -2.80. The molecule has 0 amide bonds. The number of rotatable bonds is 1. The largest absolute Gasteiger partial charge is 0.393 e. The molecule has 3 nitrogen and oxygen atoms in total. The summed E-state index contributed by atoms with van der Waals surface area (Å²) >= 11 is 0. The molecular weight excluding hydrogens is 152 g/mol. The van der Waals surface area contributed by atoms with Crippen molar-refractivity contribution in [1.82, 2.24) is 0 Å². The maximum Gasteiger partial charge on any atom is 0.150 e. The standard InChI is InChI=1S/C6H12O3S/c1-5(7)6-2-3-10(8,9)4-6/h5-7H,2-4H2,1H3/t5-,6?/m0/s1. The molecule has 0 aromatic carbocycles. The lowest BCUT2D eigenvalue weighted by atomic mass is 10.0. The van der Waals surface area contributed by atoms with Gasteiger partial charge in [0.1, 0.15) is 0 Å². The molecule has 4 heteroatoms. The van der Waals surface area contributed by atoms with E-state index >= 15 is 0 Å². The van der Waals surface area contributed by atoms with Gasteiger partial charge >= 0.3 is 0 Å². The molecule has 0 radical (unpaired) electrons. The van der Waals surface area contributed by atoms with Gasteiger partial charge in [-0.25, -0.2) is 8.42 Å². The van der Waals surface area contributed by atoms with Crippen molar-refractivity contribution >= 4 is 9.84 Å². The van der Waals surface area contributed by atoms with Crippen LogP contribution in [0.3, 0.4) is 0 Å². The minimum Gasteiger partial charge on any atom is -0.393 e. The van der Waals surface area contributed by atoms with Gasteiger partial charge in [-0.3, -0.25) is 0 Å². The number of hydrogen-bond acceptors (Lipinski definition) is 3. The van der Waals surface area contributed by atoms with Crippen LogP contribution in [-0.2, 0) is 9.84 Å². The van der Waals surface area contributed by atoms with E-state index in [-0.39, 0.29) is 17.4 Å². The molecule has 2 atom stereocenters. The van der Waals surface area contributed by atoms with Crippen molar-refractivity contribution in [3.63, 3.8) is 0 Å². The molecule has 60 valence electrons. The maximum atomic E-state index is 10.8. The topological polar surface area (TPSA) is 54.4 Å². The van der Waals surface area contributed by atoms with E-state index in [2.05, 4.69) is 0 Å². The van der Waals surface area contributed by atoms with Gasteiger partial charge in [-0.15, -0.1) is 0 Å². The molecule has 0 saturated carbocycles. The third kappa shape index (κ3) is 1.70. The second-order valence-corrected chi connectivity index (χ2v) is 5.13. The zero-order chi connectivity index (χ0) is 7.78. The Hall–Kier alpha value is -0.0900. The predicted molar refractivity (Wildman–Crippen MR) is 38.4 cm³/mol. The summed E-state index contributed by atoms with van der Waals surface area (Å²) in [6.07, 6.45) is 0.150. The third-order valence-corrected chi connectivity index (χ3v) is 3.74. The van der Waals surface area contributed by atoms with Crippen molar-refractivity contribution in [2.45, 2.75) is 19.4 Å². The first-order valence-corrected chi connectivity index (χ1v) is 5.22. The van der Waals surface area contributed by atoms with E-state index in [0.717, 1.165) is 0 Å². The Morgan fingerprint density at radius 2 is 2.20 bits per heavy atom. The average molecular weight is 164 g/mol. The van der Waals surface area contributed by atoms with E-state index in [9.17, 15) is 8.42 Å². The highest BCUT2D eigenvalue weighted by Crippen LogP contribution is 2.21.